The minimum Gasteiger partial charge on any atom is -0.465 e. The molecule has 0 amide bonds. The van der Waals surface area contributed by atoms with Gasteiger partial charge < -0.3 is 9.84 Å². The van der Waals surface area contributed by atoms with Crippen molar-refractivity contribution < 1.29 is 27.8 Å². The number of carbonyl (C=O) groups is 1. The summed E-state index contributed by atoms with van der Waals surface area (Å²) in [4.78, 5) is 14.6. The lowest BCUT2D eigenvalue weighted by Gasteiger charge is -2.16. The van der Waals surface area contributed by atoms with Gasteiger partial charge in [0, 0.05) is 18.0 Å². The Morgan fingerprint density at radius 3 is 2.69 bits per heavy atom. The molecule has 1 atom stereocenters. The Bertz CT molecular complexity index is 392. The number of rotatable bonds is 2. The summed E-state index contributed by atoms with van der Waals surface area (Å²) in [6.45, 7) is 0. The van der Waals surface area contributed by atoms with Crippen LogP contribution >= 0.6 is 0 Å². The van der Waals surface area contributed by atoms with E-state index in [-0.39, 0.29) is 0 Å². The van der Waals surface area contributed by atoms with Gasteiger partial charge in [0.2, 0.25) is 0 Å². The smallest absolute Gasteiger partial charge is 0.418 e. The van der Waals surface area contributed by atoms with Crippen LogP contribution in [0.15, 0.2) is 18.5 Å². The molecule has 0 aliphatic heterocycles. The fraction of sp³-hybridized carbons (Fsp3) is 0.333. The molecule has 4 nitrogen and oxygen atoms in total. The van der Waals surface area contributed by atoms with Gasteiger partial charge in [-0.3, -0.25) is 4.98 Å². The standard InChI is InChI=1S/C9H8F3NO3/c1-16-8(15)6-4-13-3-2-5(6)7(14)9(10,11)12/h2-4,7,14H,1H3. The Balaban J connectivity index is 3.18. The van der Waals surface area contributed by atoms with Crippen molar-refractivity contribution in [2.24, 2.45) is 0 Å². The summed E-state index contributed by atoms with van der Waals surface area (Å²) in [7, 11) is 1.03. The van der Waals surface area contributed by atoms with E-state index in [1.54, 1.807) is 0 Å². The van der Waals surface area contributed by atoms with Crippen molar-refractivity contribution in [2.45, 2.75) is 12.3 Å². The Morgan fingerprint density at radius 1 is 1.56 bits per heavy atom. The summed E-state index contributed by atoms with van der Waals surface area (Å²) in [6.07, 6.45) is -5.61. The third kappa shape index (κ3) is 2.48. The van der Waals surface area contributed by atoms with Gasteiger partial charge in [-0.15, -0.1) is 0 Å². The first-order valence-corrected chi connectivity index (χ1v) is 4.15. The minimum absolute atomic E-state index is 0.408. The lowest BCUT2D eigenvalue weighted by molar-refractivity contribution is -0.206. The number of carbonyl (C=O) groups excluding carboxylic acids is 1. The third-order valence-corrected chi connectivity index (χ3v) is 1.86. The monoisotopic (exact) mass is 235 g/mol. The number of alkyl halides is 3. The second-order valence-corrected chi connectivity index (χ2v) is 2.90. The largest absolute Gasteiger partial charge is 0.465 e. The van der Waals surface area contributed by atoms with E-state index in [2.05, 4.69) is 9.72 Å². The highest BCUT2D eigenvalue weighted by Crippen LogP contribution is 2.33. The normalized spacial score (nSPS) is 13.3. The first-order valence-electron chi connectivity index (χ1n) is 4.15. The molecule has 1 aromatic heterocycles. The van der Waals surface area contributed by atoms with Crippen LogP contribution in [-0.4, -0.2) is 29.3 Å². The summed E-state index contributed by atoms with van der Waals surface area (Å²) in [5.74, 6) is -0.980. The van der Waals surface area contributed by atoms with Gasteiger partial charge in [0.1, 0.15) is 0 Å². The van der Waals surface area contributed by atoms with Gasteiger partial charge in [-0.25, -0.2) is 4.79 Å². The summed E-state index contributed by atoms with van der Waals surface area (Å²) in [6, 6.07) is 0.921. The molecule has 0 saturated carbocycles. The van der Waals surface area contributed by atoms with Crippen molar-refractivity contribution in [1.29, 1.82) is 0 Å². The van der Waals surface area contributed by atoms with Crippen molar-refractivity contribution >= 4 is 5.97 Å². The molecule has 0 radical (unpaired) electrons. The second-order valence-electron chi connectivity index (χ2n) is 2.90. The molecular weight excluding hydrogens is 227 g/mol. The molecule has 16 heavy (non-hydrogen) atoms. The number of halogens is 3. The van der Waals surface area contributed by atoms with Gasteiger partial charge in [0.15, 0.2) is 6.10 Å². The van der Waals surface area contributed by atoms with E-state index in [0.717, 1.165) is 25.6 Å². The van der Waals surface area contributed by atoms with Crippen LogP contribution in [-0.2, 0) is 4.74 Å². The van der Waals surface area contributed by atoms with Gasteiger partial charge >= 0.3 is 12.1 Å². The van der Waals surface area contributed by atoms with E-state index in [1.165, 1.54) is 0 Å². The quantitative estimate of drug-likeness (QED) is 0.788. The molecule has 0 aliphatic carbocycles. The average molecular weight is 235 g/mol. The SMILES string of the molecule is COC(=O)c1cnccc1C(O)C(F)(F)F. The predicted octanol–water partition coefficient (Wildman–Crippen LogP) is 1.46. The Hall–Kier alpha value is -1.63. The fourth-order valence-corrected chi connectivity index (χ4v) is 1.10. The molecule has 0 aliphatic rings. The Kier molecular flexibility index (Phi) is 3.48. The maximum atomic E-state index is 12.3. The second kappa shape index (κ2) is 4.48. The van der Waals surface area contributed by atoms with Crippen molar-refractivity contribution in [2.75, 3.05) is 7.11 Å². The van der Waals surface area contributed by atoms with Crippen molar-refractivity contribution in [3.63, 3.8) is 0 Å². The molecule has 88 valence electrons. The highest BCUT2D eigenvalue weighted by atomic mass is 19.4. The van der Waals surface area contributed by atoms with Gasteiger partial charge in [-0.1, -0.05) is 0 Å². The Morgan fingerprint density at radius 2 is 2.19 bits per heavy atom. The molecule has 1 N–H and O–H groups in total. The number of methoxy groups -OCH3 is 1. The summed E-state index contributed by atoms with van der Waals surface area (Å²) >= 11 is 0. The fourth-order valence-electron chi connectivity index (χ4n) is 1.10. The zero-order chi connectivity index (χ0) is 12.3. The lowest BCUT2D eigenvalue weighted by Crippen LogP contribution is -2.23. The van der Waals surface area contributed by atoms with Crippen LogP contribution in [0.4, 0.5) is 13.2 Å². The topological polar surface area (TPSA) is 59.4 Å². The number of pyridine rings is 1. The number of aliphatic hydroxyl groups excluding tert-OH is 1. The van der Waals surface area contributed by atoms with Gasteiger partial charge in [-0.2, -0.15) is 13.2 Å². The molecule has 0 fully saturated rings. The molecule has 1 heterocycles. The van der Waals surface area contributed by atoms with Crippen molar-refractivity contribution in [3.8, 4) is 0 Å². The van der Waals surface area contributed by atoms with Gasteiger partial charge in [0.05, 0.1) is 12.7 Å². The predicted molar refractivity (Wildman–Crippen MR) is 46.6 cm³/mol. The van der Waals surface area contributed by atoms with Crippen LogP contribution in [0.1, 0.15) is 22.0 Å². The van der Waals surface area contributed by atoms with Crippen molar-refractivity contribution in [1.82, 2.24) is 4.98 Å². The van der Waals surface area contributed by atoms with Crippen LogP contribution in [0.2, 0.25) is 0 Å². The van der Waals surface area contributed by atoms with E-state index in [0.29, 0.717) is 0 Å². The van der Waals surface area contributed by atoms with Crippen LogP contribution in [0, 0.1) is 0 Å². The Labute approximate surface area is 88.7 Å². The van der Waals surface area contributed by atoms with Crippen LogP contribution in [0.25, 0.3) is 0 Å². The van der Waals surface area contributed by atoms with E-state index < -0.39 is 29.4 Å². The first kappa shape index (κ1) is 12.4. The summed E-state index contributed by atoms with van der Waals surface area (Å²) in [5, 5.41) is 9.02. The maximum Gasteiger partial charge on any atom is 0.418 e. The summed E-state index contributed by atoms with van der Waals surface area (Å²) in [5.41, 5.74) is -0.982. The molecule has 1 aromatic rings. The number of aliphatic hydroxyl groups is 1. The van der Waals surface area contributed by atoms with Gasteiger partial charge in [-0.05, 0) is 6.07 Å². The number of hydrogen-bond donors (Lipinski definition) is 1. The zero-order valence-corrected chi connectivity index (χ0v) is 8.15. The third-order valence-electron chi connectivity index (χ3n) is 1.86. The molecule has 0 bridgehead atoms. The van der Waals surface area contributed by atoms with Crippen LogP contribution in [0.5, 0.6) is 0 Å². The van der Waals surface area contributed by atoms with E-state index in [4.69, 9.17) is 5.11 Å². The number of nitrogens with zero attached hydrogens (tertiary/aromatic N) is 1. The van der Waals surface area contributed by atoms with E-state index in [9.17, 15) is 18.0 Å². The molecule has 0 spiro atoms. The lowest BCUT2D eigenvalue weighted by atomic mass is 10.0. The molecule has 0 saturated heterocycles. The van der Waals surface area contributed by atoms with Crippen LogP contribution < -0.4 is 0 Å². The molecule has 1 unspecified atom stereocenters. The number of hydrogen-bond acceptors (Lipinski definition) is 4. The molecular formula is C9H8F3NO3. The number of ether oxygens (including phenoxy) is 1. The summed E-state index contributed by atoms with van der Waals surface area (Å²) < 4.78 is 41.1. The van der Waals surface area contributed by atoms with Gasteiger partial charge in [0.25, 0.3) is 0 Å². The number of esters is 1. The van der Waals surface area contributed by atoms with Crippen molar-refractivity contribution in [3.05, 3.63) is 29.6 Å². The highest BCUT2D eigenvalue weighted by molar-refractivity contribution is 5.90. The molecule has 1 rings (SSSR count). The van der Waals surface area contributed by atoms with E-state index >= 15 is 0 Å². The molecule has 0 aromatic carbocycles. The van der Waals surface area contributed by atoms with Crippen LogP contribution in [0.3, 0.4) is 0 Å². The maximum absolute atomic E-state index is 12.3. The number of aromatic nitrogens is 1. The minimum atomic E-state index is -4.84. The molecule has 7 heteroatoms. The highest BCUT2D eigenvalue weighted by Gasteiger charge is 2.41. The first-order chi connectivity index (χ1) is 7.38. The zero-order valence-electron chi connectivity index (χ0n) is 8.15. The average Bonchev–Trinajstić information content (AvgIpc) is 2.25. The van der Waals surface area contributed by atoms with E-state index in [1.807, 2.05) is 0 Å².